The second-order valence-corrected chi connectivity index (χ2v) is 5.07. The Morgan fingerprint density at radius 1 is 1.09 bits per heavy atom. The summed E-state index contributed by atoms with van der Waals surface area (Å²) in [5, 5.41) is 5.38. The van der Waals surface area contributed by atoms with Crippen molar-refractivity contribution >= 4 is 29.1 Å². The zero-order chi connectivity index (χ0) is 16.3. The summed E-state index contributed by atoms with van der Waals surface area (Å²) in [4.78, 5) is 23.9. The summed E-state index contributed by atoms with van der Waals surface area (Å²) in [6.07, 6.45) is 0. The first kappa shape index (κ1) is 16.0. The van der Waals surface area contributed by atoms with Gasteiger partial charge in [0.25, 0.3) is 11.8 Å². The molecule has 2 amide bonds. The molecule has 0 saturated heterocycles. The number of rotatable bonds is 3. The molecular formula is C16H14ClFN2O2. The van der Waals surface area contributed by atoms with Crippen LogP contribution in [0.4, 0.5) is 10.1 Å². The molecule has 22 heavy (non-hydrogen) atoms. The third-order valence-electron chi connectivity index (χ3n) is 3.23. The van der Waals surface area contributed by atoms with Crippen molar-refractivity contribution in [3.63, 3.8) is 0 Å². The first-order valence-corrected chi connectivity index (χ1v) is 6.90. The maximum atomic E-state index is 13.7. The summed E-state index contributed by atoms with van der Waals surface area (Å²) in [6, 6.07) is 8.67. The minimum absolute atomic E-state index is 0.155. The van der Waals surface area contributed by atoms with Crippen molar-refractivity contribution in [3.8, 4) is 0 Å². The van der Waals surface area contributed by atoms with E-state index in [0.717, 1.165) is 6.07 Å². The lowest BCUT2D eigenvalue weighted by atomic mass is 10.1. The predicted molar refractivity (Wildman–Crippen MR) is 83.9 cm³/mol. The second kappa shape index (κ2) is 6.58. The zero-order valence-electron chi connectivity index (χ0n) is 12.0. The number of benzene rings is 2. The third-order valence-corrected chi connectivity index (χ3v) is 3.46. The highest BCUT2D eigenvalue weighted by atomic mass is 35.5. The molecular weight excluding hydrogens is 307 g/mol. The van der Waals surface area contributed by atoms with Gasteiger partial charge in [-0.2, -0.15) is 0 Å². The average Bonchev–Trinajstić information content (AvgIpc) is 2.51. The van der Waals surface area contributed by atoms with Crippen molar-refractivity contribution in [2.45, 2.75) is 6.92 Å². The van der Waals surface area contributed by atoms with Gasteiger partial charge >= 0.3 is 0 Å². The van der Waals surface area contributed by atoms with E-state index in [1.165, 1.54) is 19.2 Å². The highest BCUT2D eigenvalue weighted by Crippen LogP contribution is 2.21. The Kier molecular flexibility index (Phi) is 4.78. The summed E-state index contributed by atoms with van der Waals surface area (Å²) in [5.74, 6) is -1.55. The van der Waals surface area contributed by atoms with Gasteiger partial charge in [0.2, 0.25) is 0 Å². The molecule has 0 aliphatic carbocycles. The summed E-state index contributed by atoms with van der Waals surface area (Å²) in [7, 11) is 1.52. The van der Waals surface area contributed by atoms with Gasteiger partial charge in [-0.1, -0.05) is 17.7 Å². The summed E-state index contributed by atoms with van der Waals surface area (Å²) >= 11 is 5.78. The first-order chi connectivity index (χ1) is 10.4. The Bertz CT molecular complexity index is 747. The molecule has 2 aromatic carbocycles. The van der Waals surface area contributed by atoms with Gasteiger partial charge in [-0.15, -0.1) is 0 Å². The van der Waals surface area contributed by atoms with Crippen molar-refractivity contribution in [2.24, 2.45) is 0 Å². The third kappa shape index (κ3) is 3.26. The van der Waals surface area contributed by atoms with Crippen LogP contribution < -0.4 is 10.6 Å². The highest BCUT2D eigenvalue weighted by Gasteiger charge is 2.15. The molecule has 0 heterocycles. The van der Waals surface area contributed by atoms with E-state index in [2.05, 4.69) is 10.6 Å². The van der Waals surface area contributed by atoms with E-state index < -0.39 is 11.7 Å². The Morgan fingerprint density at radius 2 is 1.82 bits per heavy atom. The molecule has 114 valence electrons. The molecule has 0 fully saturated rings. The van der Waals surface area contributed by atoms with Gasteiger partial charge in [0.1, 0.15) is 5.82 Å². The molecule has 0 radical (unpaired) electrons. The van der Waals surface area contributed by atoms with Crippen molar-refractivity contribution in [2.75, 3.05) is 12.4 Å². The molecule has 0 unspecified atom stereocenters. The number of hydrogen-bond donors (Lipinski definition) is 2. The van der Waals surface area contributed by atoms with Crippen LogP contribution in [-0.4, -0.2) is 18.9 Å². The van der Waals surface area contributed by atoms with Crippen LogP contribution in [0.3, 0.4) is 0 Å². The number of nitrogens with one attached hydrogen (secondary N) is 2. The van der Waals surface area contributed by atoms with Crippen LogP contribution in [0.25, 0.3) is 0 Å². The van der Waals surface area contributed by atoms with Gasteiger partial charge in [-0.3, -0.25) is 9.59 Å². The van der Waals surface area contributed by atoms with E-state index in [9.17, 15) is 14.0 Å². The molecule has 0 aromatic heterocycles. The Balaban J connectivity index is 2.33. The van der Waals surface area contributed by atoms with E-state index in [4.69, 9.17) is 11.6 Å². The lowest BCUT2D eigenvalue weighted by molar-refractivity contribution is 0.0960. The van der Waals surface area contributed by atoms with Crippen LogP contribution >= 0.6 is 11.6 Å². The largest absolute Gasteiger partial charge is 0.355 e. The van der Waals surface area contributed by atoms with Crippen molar-refractivity contribution in [1.29, 1.82) is 0 Å². The number of carbonyl (C=O) groups excluding carboxylic acids is 2. The van der Waals surface area contributed by atoms with E-state index in [1.807, 2.05) is 0 Å². The minimum atomic E-state index is -0.665. The molecule has 0 saturated carbocycles. The molecule has 2 aromatic rings. The molecule has 0 spiro atoms. The van der Waals surface area contributed by atoms with Crippen molar-refractivity contribution in [3.05, 3.63) is 63.9 Å². The normalized spacial score (nSPS) is 10.2. The maximum Gasteiger partial charge on any atom is 0.258 e. The zero-order valence-corrected chi connectivity index (χ0v) is 12.8. The summed E-state index contributed by atoms with van der Waals surface area (Å²) in [5.41, 5.74) is 1.31. The molecule has 0 aliphatic heterocycles. The number of carbonyl (C=O) groups is 2. The van der Waals surface area contributed by atoms with E-state index >= 15 is 0 Å². The van der Waals surface area contributed by atoms with Crippen LogP contribution in [0, 0.1) is 12.7 Å². The first-order valence-electron chi connectivity index (χ1n) is 6.52. The predicted octanol–water partition coefficient (Wildman–Crippen LogP) is 3.40. The Labute approximate surface area is 132 Å². The molecule has 2 N–H and O–H groups in total. The quantitative estimate of drug-likeness (QED) is 0.910. The van der Waals surface area contributed by atoms with Crippen LogP contribution in [0.2, 0.25) is 5.02 Å². The Morgan fingerprint density at radius 3 is 2.50 bits per heavy atom. The molecule has 0 aliphatic rings. The highest BCUT2D eigenvalue weighted by molar-refractivity contribution is 6.31. The maximum absolute atomic E-state index is 13.7. The van der Waals surface area contributed by atoms with Crippen molar-refractivity contribution < 1.29 is 14.0 Å². The minimum Gasteiger partial charge on any atom is -0.355 e. The van der Waals surface area contributed by atoms with Crippen molar-refractivity contribution in [1.82, 2.24) is 5.32 Å². The van der Waals surface area contributed by atoms with Crippen LogP contribution in [-0.2, 0) is 0 Å². The number of halogens is 2. The van der Waals surface area contributed by atoms with E-state index in [1.54, 1.807) is 25.1 Å². The topological polar surface area (TPSA) is 58.2 Å². The fourth-order valence-corrected chi connectivity index (χ4v) is 2.18. The fraction of sp³-hybridized carbons (Fsp3) is 0.125. The molecule has 2 rings (SSSR count). The van der Waals surface area contributed by atoms with Gasteiger partial charge in [0, 0.05) is 23.3 Å². The fourth-order valence-electron chi connectivity index (χ4n) is 2.01. The lowest BCUT2D eigenvalue weighted by Crippen LogP contribution is -2.20. The van der Waals surface area contributed by atoms with Gasteiger partial charge in [-0.25, -0.2) is 4.39 Å². The monoisotopic (exact) mass is 320 g/mol. The molecule has 0 bridgehead atoms. The van der Waals surface area contributed by atoms with Gasteiger partial charge in [-0.05, 0) is 42.8 Å². The standard InChI is InChI=1S/C16H14ClFN2O2/c1-9-11(15(21)19-2)4-3-5-14(9)20-16(22)12-8-10(17)6-7-13(12)18/h3-8H,1-2H3,(H,19,21)(H,20,22). The van der Waals surface area contributed by atoms with Crippen LogP contribution in [0.5, 0.6) is 0 Å². The second-order valence-electron chi connectivity index (χ2n) is 4.64. The van der Waals surface area contributed by atoms with Gasteiger partial charge < -0.3 is 10.6 Å². The van der Waals surface area contributed by atoms with Gasteiger partial charge in [0.15, 0.2) is 0 Å². The molecule has 4 nitrogen and oxygen atoms in total. The molecule has 0 atom stereocenters. The molecule has 6 heteroatoms. The lowest BCUT2D eigenvalue weighted by Gasteiger charge is -2.12. The summed E-state index contributed by atoms with van der Waals surface area (Å²) < 4.78 is 13.7. The smallest absolute Gasteiger partial charge is 0.258 e. The SMILES string of the molecule is CNC(=O)c1cccc(NC(=O)c2cc(Cl)ccc2F)c1C. The Hall–Kier alpha value is -2.40. The number of anilines is 1. The summed E-state index contributed by atoms with van der Waals surface area (Å²) in [6.45, 7) is 1.70. The average molecular weight is 321 g/mol. The van der Waals surface area contributed by atoms with Crippen LogP contribution in [0.15, 0.2) is 36.4 Å². The van der Waals surface area contributed by atoms with Crippen LogP contribution in [0.1, 0.15) is 26.3 Å². The number of amides is 2. The van der Waals surface area contributed by atoms with E-state index in [0.29, 0.717) is 16.8 Å². The van der Waals surface area contributed by atoms with Gasteiger partial charge in [0.05, 0.1) is 5.56 Å². The number of hydrogen-bond acceptors (Lipinski definition) is 2. The van der Waals surface area contributed by atoms with E-state index in [-0.39, 0.29) is 16.5 Å².